The van der Waals surface area contributed by atoms with Crippen molar-refractivity contribution < 1.29 is 19.2 Å². The highest BCUT2D eigenvalue weighted by atomic mass is 16.6. The maximum Gasteiger partial charge on any atom is 0.363 e. The number of hydrogen-bond acceptors (Lipinski definition) is 6. The van der Waals surface area contributed by atoms with Gasteiger partial charge in [-0.05, 0) is 12.1 Å². The molecule has 0 bridgehead atoms. The van der Waals surface area contributed by atoms with E-state index < -0.39 is 22.3 Å². The largest absolute Gasteiger partial charge is 0.476 e. The first-order valence-electron chi connectivity index (χ1n) is 5.39. The summed E-state index contributed by atoms with van der Waals surface area (Å²) < 4.78 is 6.29. The van der Waals surface area contributed by atoms with Crippen molar-refractivity contribution in [1.82, 2.24) is 14.8 Å². The van der Waals surface area contributed by atoms with Crippen molar-refractivity contribution in [2.75, 3.05) is 0 Å². The van der Waals surface area contributed by atoms with Crippen LogP contribution in [0.4, 0.5) is 5.69 Å². The van der Waals surface area contributed by atoms with Gasteiger partial charge in [-0.3, -0.25) is 10.1 Å². The Labute approximate surface area is 110 Å². The van der Waals surface area contributed by atoms with Gasteiger partial charge < -0.3 is 9.52 Å². The van der Waals surface area contributed by atoms with E-state index in [-0.39, 0.29) is 6.01 Å². The average molecular weight is 274 g/mol. The van der Waals surface area contributed by atoms with Crippen LogP contribution in [0.2, 0.25) is 0 Å². The van der Waals surface area contributed by atoms with Crippen molar-refractivity contribution in [3.05, 3.63) is 46.3 Å². The summed E-state index contributed by atoms with van der Waals surface area (Å²) in [4.78, 5) is 24.9. The molecule has 20 heavy (non-hydrogen) atoms. The molecule has 0 fully saturated rings. The number of carboxylic acids is 1. The van der Waals surface area contributed by atoms with Crippen molar-refractivity contribution in [2.24, 2.45) is 0 Å². The van der Waals surface area contributed by atoms with Gasteiger partial charge in [0, 0.05) is 0 Å². The Hall–Kier alpha value is -3.23. The topological polar surface area (TPSA) is 124 Å². The third-order valence-corrected chi connectivity index (χ3v) is 2.57. The van der Waals surface area contributed by atoms with Crippen molar-refractivity contribution in [1.29, 1.82) is 0 Å². The van der Waals surface area contributed by atoms with Crippen LogP contribution >= 0.6 is 0 Å². The first-order chi connectivity index (χ1) is 9.56. The molecule has 1 aromatic carbocycles. The molecule has 9 heteroatoms. The number of rotatable bonds is 3. The number of oxazole rings is 1. The van der Waals surface area contributed by atoms with Gasteiger partial charge in [-0.1, -0.05) is 12.1 Å². The smallest absolute Gasteiger partial charge is 0.363 e. The van der Waals surface area contributed by atoms with Crippen LogP contribution in [0.25, 0.3) is 17.1 Å². The van der Waals surface area contributed by atoms with Gasteiger partial charge in [0.05, 0.1) is 4.92 Å². The van der Waals surface area contributed by atoms with Gasteiger partial charge in [0.25, 0.3) is 0 Å². The maximum absolute atomic E-state index is 10.9. The van der Waals surface area contributed by atoms with Gasteiger partial charge in [-0.25, -0.2) is 4.79 Å². The lowest BCUT2D eigenvalue weighted by Gasteiger charge is -1.89. The molecule has 2 heterocycles. The molecule has 0 radical (unpaired) electrons. The Kier molecular flexibility index (Phi) is 2.46. The molecule has 3 aromatic rings. The lowest BCUT2D eigenvalue weighted by atomic mass is 10.3. The molecule has 0 spiro atoms. The molecule has 9 nitrogen and oxygen atoms in total. The summed E-state index contributed by atoms with van der Waals surface area (Å²) in [5.74, 6) is -1.49. The van der Waals surface area contributed by atoms with Crippen molar-refractivity contribution >= 4 is 22.8 Å². The zero-order chi connectivity index (χ0) is 14.3. The monoisotopic (exact) mass is 274 g/mol. The van der Waals surface area contributed by atoms with E-state index in [0.717, 1.165) is 10.9 Å². The number of nitrogens with zero attached hydrogens (tertiary/aromatic N) is 4. The van der Waals surface area contributed by atoms with E-state index in [1.807, 2.05) is 0 Å². The number of carbonyl (C=O) groups is 1. The van der Waals surface area contributed by atoms with Gasteiger partial charge in [-0.2, -0.15) is 9.67 Å². The Morgan fingerprint density at radius 2 is 2.15 bits per heavy atom. The number of benzene rings is 1. The summed E-state index contributed by atoms with van der Waals surface area (Å²) in [5.41, 5.74) is -0.285. The Morgan fingerprint density at radius 1 is 1.40 bits per heavy atom. The number of aromatic carboxylic acids is 1. The van der Waals surface area contributed by atoms with Crippen molar-refractivity contribution in [2.45, 2.75) is 0 Å². The van der Waals surface area contributed by atoms with Gasteiger partial charge >= 0.3 is 17.7 Å². The van der Waals surface area contributed by atoms with Crippen LogP contribution < -0.4 is 0 Å². The molecule has 0 aliphatic heterocycles. The zero-order valence-electron chi connectivity index (χ0n) is 9.76. The predicted octanol–water partition coefficient (Wildman–Crippen LogP) is 1.62. The first kappa shape index (κ1) is 11.8. The lowest BCUT2D eigenvalue weighted by Crippen LogP contribution is -2.02. The minimum atomic E-state index is -1.49. The minimum Gasteiger partial charge on any atom is -0.476 e. The molecule has 2 aromatic heterocycles. The third kappa shape index (κ3) is 1.77. The fraction of sp³-hybridized carbons (Fsp3) is 0. The summed E-state index contributed by atoms with van der Waals surface area (Å²) in [7, 11) is 0. The molecule has 0 aliphatic carbocycles. The molecule has 0 saturated carbocycles. The number of aromatic nitrogens is 3. The van der Waals surface area contributed by atoms with Crippen LogP contribution in [0.5, 0.6) is 0 Å². The van der Waals surface area contributed by atoms with Crippen LogP contribution in [0, 0.1) is 10.1 Å². The van der Waals surface area contributed by atoms with Crippen LogP contribution in [0.1, 0.15) is 10.5 Å². The highest BCUT2D eigenvalue weighted by Gasteiger charge is 2.26. The fourth-order valence-corrected chi connectivity index (χ4v) is 1.71. The number of para-hydroxylation sites is 2. The fourth-order valence-electron chi connectivity index (χ4n) is 1.71. The molecule has 0 unspecified atom stereocenters. The number of fused-ring (bicyclic) bond motifs is 1. The minimum absolute atomic E-state index is 0.0400. The molecule has 0 atom stereocenters. The predicted molar refractivity (Wildman–Crippen MR) is 64.7 cm³/mol. The molecule has 3 rings (SSSR count). The van der Waals surface area contributed by atoms with E-state index >= 15 is 0 Å². The SMILES string of the molecule is O=C(O)c1nn(-c2nc3ccccc3o2)cc1[N+](=O)[O-]. The second-order valence-corrected chi connectivity index (χ2v) is 3.83. The van der Waals surface area contributed by atoms with Gasteiger partial charge in [0.15, 0.2) is 5.58 Å². The third-order valence-electron chi connectivity index (χ3n) is 2.57. The van der Waals surface area contributed by atoms with E-state index in [0.29, 0.717) is 11.1 Å². The molecular formula is C11H6N4O5. The van der Waals surface area contributed by atoms with Crippen LogP contribution in [0.3, 0.4) is 0 Å². The standard InChI is InChI=1S/C11H6N4O5/c16-10(17)9-7(15(18)19)5-14(13-9)11-12-6-3-1-2-4-8(6)20-11/h1-5H,(H,16,17). The second kappa shape index (κ2) is 4.16. The molecule has 0 aliphatic rings. The zero-order valence-corrected chi connectivity index (χ0v) is 9.76. The second-order valence-electron chi connectivity index (χ2n) is 3.83. The molecule has 100 valence electrons. The van der Waals surface area contributed by atoms with Crippen LogP contribution in [0.15, 0.2) is 34.9 Å². The number of nitro groups is 1. The number of carboxylic acid groups (broad SMARTS) is 1. The van der Waals surface area contributed by atoms with Gasteiger partial charge in [0.2, 0.25) is 5.69 Å². The molecule has 0 saturated heterocycles. The normalized spacial score (nSPS) is 10.8. The van der Waals surface area contributed by atoms with E-state index in [1.165, 1.54) is 0 Å². The first-order valence-corrected chi connectivity index (χ1v) is 5.39. The van der Waals surface area contributed by atoms with Gasteiger partial charge in [0.1, 0.15) is 11.7 Å². The quantitative estimate of drug-likeness (QED) is 0.568. The lowest BCUT2D eigenvalue weighted by molar-refractivity contribution is -0.385. The average Bonchev–Trinajstić information content (AvgIpc) is 3.02. The van der Waals surface area contributed by atoms with Crippen molar-refractivity contribution in [3.8, 4) is 6.01 Å². The van der Waals surface area contributed by atoms with E-state index in [2.05, 4.69) is 10.1 Å². The van der Waals surface area contributed by atoms with Crippen LogP contribution in [-0.4, -0.2) is 30.8 Å². The highest BCUT2D eigenvalue weighted by Crippen LogP contribution is 2.22. The maximum atomic E-state index is 10.9. The van der Waals surface area contributed by atoms with Crippen LogP contribution in [-0.2, 0) is 0 Å². The molecule has 0 amide bonds. The summed E-state index contributed by atoms with van der Waals surface area (Å²) in [6.07, 6.45) is 0.953. The summed E-state index contributed by atoms with van der Waals surface area (Å²) in [5, 5.41) is 23.3. The summed E-state index contributed by atoms with van der Waals surface area (Å²) >= 11 is 0. The number of hydrogen-bond donors (Lipinski definition) is 1. The Morgan fingerprint density at radius 3 is 2.75 bits per heavy atom. The molecular weight excluding hydrogens is 268 g/mol. The van der Waals surface area contributed by atoms with E-state index in [1.54, 1.807) is 24.3 Å². The summed E-state index contributed by atoms with van der Waals surface area (Å²) in [6, 6.07) is 6.82. The van der Waals surface area contributed by atoms with Crippen molar-refractivity contribution in [3.63, 3.8) is 0 Å². The Balaban J connectivity index is 2.16. The highest BCUT2D eigenvalue weighted by molar-refractivity contribution is 5.89. The van der Waals surface area contributed by atoms with Gasteiger partial charge in [-0.15, -0.1) is 5.10 Å². The van der Waals surface area contributed by atoms with E-state index in [9.17, 15) is 14.9 Å². The Bertz CT molecular complexity index is 770. The summed E-state index contributed by atoms with van der Waals surface area (Å²) in [6.45, 7) is 0. The van der Waals surface area contributed by atoms with E-state index in [4.69, 9.17) is 9.52 Å². The molecule has 1 N–H and O–H groups in total.